The van der Waals surface area contributed by atoms with Crippen LogP contribution in [0.3, 0.4) is 0 Å². The Balaban J connectivity index is 1.65. The Hall–Kier alpha value is -2.73. The van der Waals surface area contributed by atoms with Gasteiger partial charge in [0.05, 0.1) is 12.6 Å². The number of aryl methyl sites for hydroxylation is 2. The molecule has 0 aliphatic carbocycles. The quantitative estimate of drug-likeness (QED) is 0.889. The maximum absolute atomic E-state index is 13.4. The highest BCUT2D eigenvalue weighted by Gasteiger charge is 2.47. The van der Waals surface area contributed by atoms with Crippen LogP contribution in [0.2, 0.25) is 0 Å². The number of imide groups is 1. The Labute approximate surface area is 165 Å². The summed E-state index contributed by atoms with van der Waals surface area (Å²) in [5, 5.41) is 3.35. The number of nitrogens with zero attached hydrogens (tertiary/aromatic N) is 3. The van der Waals surface area contributed by atoms with Crippen molar-refractivity contribution in [2.75, 3.05) is 6.54 Å². The van der Waals surface area contributed by atoms with E-state index in [2.05, 4.69) is 42.3 Å². The van der Waals surface area contributed by atoms with Crippen molar-refractivity contribution in [2.24, 2.45) is 0 Å². The Morgan fingerprint density at radius 2 is 2.04 bits per heavy atom. The molecule has 2 aliphatic rings. The first-order valence-electron chi connectivity index (χ1n) is 9.85. The van der Waals surface area contributed by atoms with E-state index in [0.717, 1.165) is 36.1 Å². The van der Waals surface area contributed by atoms with Crippen molar-refractivity contribution in [3.05, 3.63) is 65.0 Å². The molecule has 6 nitrogen and oxygen atoms in total. The van der Waals surface area contributed by atoms with Crippen LogP contribution in [-0.4, -0.2) is 45.4 Å². The fraction of sp³-hybridized carbons (Fsp3) is 0.409. The van der Waals surface area contributed by atoms with Crippen molar-refractivity contribution in [3.63, 3.8) is 0 Å². The van der Waals surface area contributed by atoms with Crippen molar-refractivity contribution in [1.29, 1.82) is 0 Å². The van der Waals surface area contributed by atoms with Crippen LogP contribution >= 0.6 is 0 Å². The minimum atomic E-state index is -0.340. The summed E-state index contributed by atoms with van der Waals surface area (Å²) in [6.07, 6.45) is 5.21. The maximum atomic E-state index is 13.4. The number of nitrogens with one attached hydrogen (secondary N) is 1. The van der Waals surface area contributed by atoms with Crippen molar-refractivity contribution in [2.45, 2.75) is 51.9 Å². The second kappa shape index (κ2) is 7.72. The van der Waals surface area contributed by atoms with Crippen LogP contribution < -0.4 is 5.32 Å². The van der Waals surface area contributed by atoms with Crippen LogP contribution in [0.4, 0.5) is 4.79 Å². The first kappa shape index (κ1) is 18.6. The number of fused-ring (bicyclic) bond motifs is 1. The van der Waals surface area contributed by atoms with Crippen molar-refractivity contribution >= 4 is 11.9 Å². The minimum absolute atomic E-state index is 0.0983. The molecule has 4 rings (SSSR count). The zero-order chi connectivity index (χ0) is 19.7. The Kier molecular flexibility index (Phi) is 5.13. The highest BCUT2D eigenvalue weighted by Crippen LogP contribution is 2.28. The second-order valence-electron chi connectivity index (χ2n) is 7.77. The molecule has 2 atom stereocenters. The number of carbonyl (C=O) groups excluding carboxylic acids is 2. The smallest absolute Gasteiger partial charge is 0.315 e. The zero-order valence-electron chi connectivity index (χ0n) is 16.4. The normalized spacial score (nSPS) is 22.4. The fourth-order valence-corrected chi connectivity index (χ4v) is 4.18. The third-order valence-corrected chi connectivity index (χ3v) is 5.74. The molecule has 2 unspecified atom stereocenters. The number of hydrogen-bond acceptors (Lipinski definition) is 4. The monoisotopic (exact) mass is 378 g/mol. The Morgan fingerprint density at radius 3 is 2.82 bits per heavy atom. The number of urea groups is 1. The summed E-state index contributed by atoms with van der Waals surface area (Å²) >= 11 is 0. The van der Waals surface area contributed by atoms with E-state index in [1.807, 2.05) is 17.0 Å². The predicted molar refractivity (Wildman–Crippen MR) is 106 cm³/mol. The molecule has 3 heterocycles. The van der Waals surface area contributed by atoms with E-state index in [1.54, 1.807) is 12.4 Å². The molecule has 0 bridgehead atoms. The van der Waals surface area contributed by atoms with Gasteiger partial charge in [-0.15, -0.1) is 0 Å². The van der Waals surface area contributed by atoms with Crippen LogP contribution in [0.25, 0.3) is 0 Å². The topological polar surface area (TPSA) is 65.5 Å². The standard InChI is InChI=1S/C22H26N4O2/c1-15-7-8-16(2)18(11-15)14-25-19-6-4-10-24-20(19)21(27)26(22(25)28)13-17-5-3-9-23-12-17/h3,5,7-9,11-12,19-20,24H,4,6,10,13-14H2,1-2H3. The first-order valence-corrected chi connectivity index (χ1v) is 9.85. The number of carbonyl (C=O) groups is 2. The molecule has 2 fully saturated rings. The van der Waals surface area contributed by atoms with Gasteiger partial charge in [0.2, 0.25) is 5.91 Å². The fourth-order valence-electron chi connectivity index (χ4n) is 4.18. The molecule has 1 N–H and O–H groups in total. The van der Waals surface area contributed by atoms with Gasteiger partial charge in [-0.25, -0.2) is 4.79 Å². The molecule has 0 saturated carbocycles. The Bertz CT molecular complexity index is 883. The largest absolute Gasteiger partial charge is 0.327 e. The van der Waals surface area contributed by atoms with E-state index < -0.39 is 0 Å². The average Bonchev–Trinajstić information content (AvgIpc) is 2.71. The lowest BCUT2D eigenvalue weighted by Crippen LogP contribution is -2.68. The van der Waals surface area contributed by atoms with Crippen molar-refractivity contribution in [1.82, 2.24) is 20.1 Å². The van der Waals surface area contributed by atoms with E-state index in [-0.39, 0.29) is 30.6 Å². The summed E-state index contributed by atoms with van der Waals surface area (Å²) in [6.45, 7) is 5.70. The van der Waals surface area contributed by atoms with Crippen LogP contribution in [0.5, 0.6) is 0 Å². The number of amides is 3. The predicted octanol–water partition coefficient (Wildman–Crippen LogP) is 2.78. The molecule has 3 amide bonds. The van der Waals surface area contributed by atoms with Gasteiger partial charge in [0, 0.05) is 18.9 Å². The average molecular weight is 378 g/mol. The molecule has 0 radical (unpaired) electrons. The molecule has 1 aromatic carbocycles. The number of aromatic nitrogens is 1. The third kappa shape index (κ3) is 3.52. The summed E-state index contributed by atoms with van der Waals surface area (Å²) in [4.78, 5) is 33.8. The number of benzene rings is 1. The highest BCUT2D eigenvalue weighted by atomic mass is 16.2. The van der Waals surface area contributed by atoms with Gasteiger partial charge in [-0.2, -0.15) is 0 Å². The number of piperidine rings is 1. The van der Waals surface area contributed by atoms with E-state index >= 15 is 0 Å². The zero-order valence-corrected chi connectivity index (χ0v) is 16.4. The third-order valence-electron chi connectivity index (χ3n) is 5.74. The van der Waals surface area contributed by atoms with Crippen molar-refractivity contribution in [3.8, 4) is 0 Å². The highest BCUT2D eigenvalue weighted by molar-refractivity contribution is 6.00. The van der Waals surface area contributed by atoms with E-state index in [4.69, 9.17) is 0 Å². The van der Waals surface area contributed by atoms with E-state index in [9.17, 15) is 9.59 Å². The van der Waals surface area contributed by atoms with Gasteiger partial charge in [-0.05, 0) is 56.0 Å². The molecule has 146 valence electrons. The van der Waals surface area contributed by atoms with Gasteiger partial charge < -0.3 is 10.2 Å². The van der Waals surface area contributed by atoms with E-state index in [1.165, 1.54) is 10.5 Å². The van der Waals surface area contributed by atoms with Crippen molar-refractivity contribution < 1.29 is 9.59 Å². The van der Waals surface area contributed by atoms with Gasteiger partial charge in [-0.3, -0.25) is 14.7 Å². The lowest BCUT2D eigenvalue weighted by Gasteiger charge is -2.47. The van der Waals surface area contributed by atoms with Gasteiger partial charge in [0.25, 0.3) is 0 Å². The molecular weight excluding hydrogens is 352 g/mol. The molecule has 6 heteroatoms. The molecular formula is C22H26N4O2. The van der Waals surface area contributed by atoms with Gasteiger partial charge in [-0.1, -0.05) is 29.8 Å². The van der Waals surface area contributed by atoms with Gasteiger partial charge in [0.1, 0.15) is 6.04 Å². The first-order chi connectivity index (χ1) is 13.5. The van der Waals surface area contributed by atoms with Gasteiger partial charge in [0.15, 0.2) is 0 Å². The molecule has 2 saturated heterocycles. The van der Waals surface area contributed by atoms with Crippen LogP contribution in [0, 0.1) is 13.8 Å². The van der Waals surface area contributed by atoms with Gasteiger partial charge >= 0.3 is 6.03 Å². The second-order valence-corrected chi connectivity index (χ2v) is 7.77. The summed E-state index contributed by atoms with van der Waals surface area (Å²) in [7, 11) is 0. The number of pyridine rings is 1. The summed E-state index contributed by atoms with van der Waals surface area (Å²) in [5.74, 6) is -0.129. The SMILES string of the molecule is Cc1ccc(C)c(CN2C(=O)N(Cc3cccnc3)C(=O)C3NCCCC32)c1. The summed E-state index contributed by atoms with van der Waals surface area (Å²) < 4.78 is 0. The lowest BCUT2D eigenvalue weighted by molar-refractivity contribution is -0.137. The number of rotatable bonds is 4. The lowest BCUT2D eigenvalue weighted by atomic mass is 9.92. The summed E-state index contributed by atoms with van der Waals surface area (Å²) in [5.41, 5.74) is 4.32. The minimum Gasteiger partial charge on any atom is -0.315 e. The van der Waals surface area contributed by atoms with Crippen LogP contribution in [-0.2, 0) is 17.9 Å². The Morgan fingerprint density at radius 1 is 1.18 bits per heavy atom. The van der Waals surface area contributed by atoms with E-state index in [0.29, 0.717) is 6.54 Å². The van der Waals surface area contributed by atoms with Crippen LogP contribution in [0.1, 0.15) is 35.1 Å². The molecule has 28 heavy (non-hydrogen) atoms. The molecule has 0 spiro atoms. The maximum Gasteiger partial charge on any atom is 0.327 e. The number of hydrogen-bond donors (Lipinski definition) is 1. The molecule has 2 aliphatic heterocycles. The molecule has 2 aromatic rings. The molecule has 1 aromatic heterocycles. The summed E-state index contributed by atoms with van der Waals surface area (Å²) in [6, 6.07) is 9.38. The van der Waals surface area contributed by atoms with Crippen LogP contribution in [0.15, 0.2) is 42.7 Å².